The molecule has 0 fully saturated rings. The van der Waals surface area contributed by atoms with E-state index in [2.05, 4.69) is 48.5 Å². The highest BCUT2D eigenvalue weighted by atomic mass is 127. The molecule has 134 valence electrons. The van der Waals surface area contributed by atoms with Crippen LogP contribution in [0.5, 0.6) is 0 Å². The van der Waals surface area contributed by atoms with Gasteiger partial charge in [-0.1, -0.05) is 0 Å². The summed E-state index contributed by atoms with van der Waals surface area (Å²) >= 11 is 2.24. The van der Waals surface area contributed by atoms with E-state index >= 15 is 0 Å². The first-order chi connectivity index (χ1) is 12.2. The maximum absolute atomic E-state index is 11.9. The van der Waals surface area contributed by atoms with Crippen LogP contribution in [0.2, 0.25) is 0 Å². The average molecular weight is 463 g/mol. The Kier molecular flexibility index (Phi) is 4.94. The van der Waals surface area contributed by atoms with Gasteiger partial charge in [-0.3, -0.25) is 9.59 Å². The van der Waals surface area contributed by atoms with Crippen LogP contribution < -0.4 is 26.8 Å². The minimum absolute atomic E-state index is 0.226. The van der Waals surface area contributed by atoms with Gasteiger partial charge in [0.25, 0.3) is 10.9 Å². The molecular formula is C18H18IN5O2. The molecule has 0 aliphatic heterocycles. The summed E-state index contributed by atoms with van der Waals surface area (Å²) in [6.07, 6.45) is 1.39. The summed E-state index contributed by atoms with van der Waals surface area (Å²) < 4.78 is 1.14. The van der Waals surface area contributed by atoms with Crippen LogP contribution >= 0.6 is 22.6 Å². The second-order valence-electron chi connectivity index (χ2n) is 6.83. The molecule has 1 aromatic heterocycles. The van der Waals surface area contributed by atoms with Gasteiger partial charge in [-0.15, -0.1) is 0 Å². The zero-order valence-corrected chi connectivity index (χ0v) is 16.7. The summed E-state index contributed by atoms with van der Waals surface area (Å²) in [5, 5.41) is 9.15. The van der Waals surface area contributed by atoms with Gasteiger partial charge in [-0.05, 0) is 67.6 Å². The lowest BCUT2D eigenvalue weighted by atomic mass is 10.1. The van der Waals surface area contributed by atoms with Crippen LogP contribution in [0.15, 0.2) is 46.2 Å². The largest absolute Gasteiger partial charge is 0.375 e. The highest BCUT2D eigenvalue weighted by molar-refractivity contribution is 14.1. The van der Waals surface area contributed by atoms with Crippen molar-refractivity contribution in [2.75, 3.05) is 16.0 Å². The molecule has 0 aliphatic rings. The summed E-state index contributed by atoms with van der Waals surface area (Å²) in [5.74, 6) is 1.00. The highest BCUT2D eigenvalue weighted by Gasteiger charge is 2.24. The number of hydrogen-bond acceptors (Lipinski definition) is 7. The van der Waals surface area contributed by atoms with Crippen LogP contribution in [-0.2, 0) is 0 Å². The summed E-state index contributed by atoms with van der Waals surface area (Å²) in [4.78, 5) is 32.0. The van der Waals surface area contributed by atoms with Gasteiger partial charge in [-0.2, -0.15) is 0 Å². The van der Waals surface area contributed by atoms with Gasteiger partial charge in [0.05, 0.1) is 0 Å². The number of benzene rings is 1. The molecule has 0 spiro atoms. The molecule has 0 amide bonds. The molecule has 26 heavy (non-hydrogen) atoms. The SMILES string of the molecule is CC(C)(C)Nc1c(Nc2cc(Nc3ccc(I)cc3)ncn2)c(=O)c1=O. The zero-order chi connectivity index (χ0) is 18.9. The van der Waals surface area contributed by atoms with Crippen LogP contribution in [0.1, 0.15) is 20.8 Å². The van der Waals surface area contributed by atoms with E-state index in [0.717, 1.165) is 9.26 Å². The Bertz CT molecular complexity index is 1000. The smallest absolute Gasteiger partial charge is 0.253 e. The molecule has 3 rings (SSSR count). The summed E-state index contributed by atoms with van der Waals surface area (Å²) in [6, 6.07) is 9.53. The molecular weight excluding hydrogens is 445 g/mol. The molecule has 3 N–H and O–H groups in total. The number of halogens is 1. The van der Waals surface area contributed by atoms with Gasteiger partial charge in [0, 0.05) is 20.9 Å². The van der Waals surface area contributed by atoms with Crippen LogP contribution in [0.3, 0.4) is 0 Å². The summed E-state index contributed by atoms with van der Waals surface area (Å²) in [5.41, 5.74) is -0.00504. The maximum Gasteiger partial charge on any atom is 0.253 e. The quantitative estimate of drug-likeness (QED) is 0.395. The monoisotopic (exact) mass is 463 g/mol. The van der Waals surface area contributed by atoms with E-state index in [-0.39, 0.29) is 16.9 Å². The molecule has 0 atom stereocenters. The molecule has 8 heteroatoms. The third kappa shape index (κ3) is 4.18. The molecule has 1 heterocycles. The third-order valence-electron chi connectivity index (χ3n) is 3.45. The van der Waals surface area contributed by atoms with E-state index in [1.54, 1.807) is 6.07 Å². The molecule has 0 saturated carbocycles. The van der Waals surface area contributed by atoms with Crippen LogP contribution in [0.4, 0.5) is 28.7 Å². The van der Waals surface area contributed by atoms with E-state index in [9.17, 15) is 9.59 Å². The first-order valence-electron chi connectivity index (χ1n) is 7.96. The van der Waals surface area contributed by atoms with E-state index in [1.807, 2.05) is 45.0 Å². The van der Waals surface area contributed by atoms with E-state index in [1.165, 1.54) is 6.33 Å². The maximum atomic E-state index is 11.9. The lowest BCUT2D eigenvalue weighted by Crippen LogP contribution is -2.41. The second kappa shape index (κ2) is 7.02. The highest BCUT2D eigenvalue weighted by Crippen LogP contribution is 2.24. The minimum atomic E-state index is -0.553. The summed E-state index contributed by atoms with van der Waals surface area (Å²) in [7, 11) is 0. The summed E-state index contributed by atoms with van der Waals surface area (Å²) in [6.45, 7) is 5.75. The Labute approximate surface area is 164 Å². The number of nitrogens with zero attached hydrogens (tertiary/aromatic N) is 2. The zero-order valence-electron chi connectivity index (χ0n) is 14.6. The molecule has 2 aromatic carbocycles. The third-order valence-corrected chi connectivity index (χ3v) is 4.17. The number of rotatable bonds is 5. The first kappa shape index (κ1) is 18.3. The molecule has 0 aliphatic carbocycles. The lowest BCUT2D eigenvalue weighted by Gasteiger charge is -2.24. The van der Waals surface area contributed by atoms with Gasteiger partial charge in [0.2, 0.25) is 0 Å². The van der Waals surface area contributed by atoms with Crippen molar-refractivity contribution in [3.63, 3.8) is 0 Å². The van der Waals surface area contributed by atoms with Crippen molar-refractivity contribution in [2.45, 2.75) is 26.3 Å². The van der Waals surface area contributed by atoms with Crippen LogP contribution in [-0.4, -0.2) is 15.5 Å². The fraction of sp³-hybridized carbons (Fsp3) is 0.222. The molecule has 0 bridgehead atoms. The Hall–Kier alpha value is -2.49. The van der Waals surface area contributed by atoms with Crippen LogP contribution in [0, 0.1) is 3.57 Å². The Morgan fingerprint density at radius 2 is 1.46 bits per heavy atom. The lowest BCUT2D eigenvalue weighted by molar-refractivity contribution is 0.632. The van der Waals surface area contributed by atoms with Crippen LogP contribution in [0.25, 0.3) is 0 Å². The number of hydrogen-bond donors (Lipinski definition) is 3. The average Bonchev–Trinajstić information content (AvgIpc) is 2.59. The van der Waals surface area contributed by atoms with Gasteiger partial charge in [0.1, 0.15) is 29.3 Å². The Morgan fingerprint density at radius 1 is 0.885 bits per heavy atom. The first-order valence-corrected chi connectivity index (χ1v) is 9.04. The molecule has 0 radical (unpaired) electrons. The fourth-order valence-corrected chi connectivity index (χ4v) is 2.67. The molecule has 3 aromatic rings. The van der Waals surface area contributed by atoms with Crippen molar-refractivity contribution in [3.8, 4) is 0 Å². The van der Waals surface area contributed by atoms with Crippen molar-refractivity contribution >= 4 is 51.3 Å². The van der Waals surface area contributed by atoms with Gasteiger partial charge >= 0.3 is 0 Å². The van der Waals surface area contributed by atoms with E-state index < -0.39 is 10.9 Å². The van der Waals surface area contributed by atoms with Crippen molar-refractivity contribution in [1.29, 1.82) is 0 Å². The van der Waals surface area contributed by atoms with Crippen molar-refractivity contribution in [2.24, 2.45) is 0 Å². The minimum Gasteiger partial charge on any atom is -0.375 e. The standard InChI is InChI=1S/C18H18IN5O2/c1-18(2,3)24-15-14(16(25)17(15)26)23-13-8-12(20-9-21-13)22-11-6-4-10(19)5-7-11/h4-9,24H,1-3H3,(H2,20,21,22,23). The Morgan fingerprint density at radius 3 is 2.08 bits per heavy atom. The number of aromatic nitrogens is 2. The van der Waals surface area contributed by atoms with Crippen molar-refractivity contribution < 1.29 is 0 Å². The molecule has 0 saturated heterocycles. The number of anilines is 5. The van der Waals surface area contributed by atoms with Gasteiger partial charge < -0.3 is 16.0 Å². The van der Waals surface area contributed by atoms with E-state index in [0.29, 0.717) is 11.6 Å². The van der Waals surface area contributed by atoms with Gasteiger partial charge in [0.15, 0.2) is 0 Å². The number of nitrogens with one attached hydrogen (secondary N) is 3. The van der Waals surface area contributed by atoms with Crippen molar-refractivity contribution in [3.05, 3.63) is 60.7 Å². The second-order valence-corrected chi connectivity index (χ2v) is 8.07. The Balaban J connectivity index is 1.80. The molecule has 7 nitrogen and oxygen atoms in total. The topological polar surface area (TPSA) is 96.0 Å². The van der Waals surface area contributed by atoms with Gasteiger partial charge in [-0.25, -0.2) is 9.97 Å². The fourth-order valence-electron chi connectivity index (χ4n) is 2.31. The molecule has 0 unspecified atom stereocenters. The predicted octanol–water partition coefficient (Wildman–Crippen LogP) is 3.37. The normalized spacial score (nSPS) is 11.4. The van der Waals surface area contributed by atoms with Crippen molar-refractivity contribution in [1.82, 2.24) is 9.97 Å². The predicted molar refractivity (Wildman–Crippen MR) is 112 cm³/mol. The van der Waals surface area contributed by atoms with E-state index in [4.69, 9.17) is 0 Å².